The quantitative estimate of drug-likeness (QED) is 0.562. The zero-order valence-corrected chi connectivity index (χ0v) is 6.80. The van der Waals surface area contributed by atoms with Crippen LogP contribution in [-0.2, 0) is 9.59 Å². The molecule has 0 aromatic carbocycles. The molecule has 1 saturated heterocycles. The van der Waals surface area contributed by atoms with Gasteiger partial charge in [-0.2, -0.15) is 0 Å². The highest BCUT2D eigenvalue weighted by Gasteiger charge is 2.26. The fraction of sp³-hybridized carbons (Fsp3) is 0.500. The van der Waals surface area contributed by atoms with Gasteiger partial charge in [-0.1, -0.05) is 6.08 Å². The van der Waals surface area contributed by atoms with Crippen LogP contribution in [0.25, 0.3) is 0 Å². The van der Waals surface area contributed by atoms with Crippen LogP contribution in [0.1, 0.15) is 12.8 Å². The number of hydrogen-bond acceptors (Lipinski definition) is 2. The fourth-order valence-electron chi connectivity index (χ4n) is 1.11. The molecule has 0 radical (unpaired) electrons. The molecular formula is C8H12N2O2. The highest BCUT2D eigenvalue weighted by molar-refractivity contribution is 5.90. The van der Waals surface area contributed by atoms with E-state index in [0.29, 0.717) is 19.4 Å². The normalized spacial score (nSPS) is 21.7. The van der Waals surface area contributed by atoms with Gasteiger partial charge in [-0.25, -0.2) is 0 Å². The zero-order valence-electron chi connectivity index (χ0n) is 6.80. The van der Waals surface area contributed by atoms with Crippen molar-refractivity contribution < 1.29 is 9.59 Å². The molecule has 1 aliphatic rings. The molecule has 0 spiro atoms. The minimum atomic E-state index is -0.336. The van der Waals surface area contributed by atoms with Crippen molar-refractivity contribution >= 4 is 11.8 Å². The van der Waals surface area contributed by atoms with Gasteiger partial charge in [0.15, 0.2) is 0 Å². The van der Waals surface area contributed by atoms with Crippen molar-refractivity contribution in [3.8, 4) is 0 Å². The van der Waals surface area contributed by atoms with Crippen LogP contribution in [-0.4, -0.2) is 24.4 Å². The molecule has 0 aromatic heterocycles. The number of carbonyl (C=O) groups is 2. The lowest BCUT2D eigenvalue weighted by Crippen LogP contribution is -2.41. The lowest BCUT2D eigenvalue weighted by atomic mass is 10.2. The topological polar surface area (TPSA) is 58.2 Å². The van der Waals surface area contributed by atoms with E-state index in [1.807, 2.05) is 0 Å². The highest BCUT2D eigenvalue weighted by Crippen LogP contribution is 2.05. The molecule has 0 aromatic rings. The molecule has 1 rings (SSSR count). The van der Waals surface area contributed by atoms with Gasteiger partial charge in [0, 0.05) is 13.0 Å². The fourth-order valence-corrected chi connectivity index (χ4v) is 1.11. The van der Waals surface area contributed by atoms with E-state index >= 15 is 0 Å². The van der Waals surface area contributed by atoms with Crippen molar-refractivity contribution in [3.05, 3.63) is 12.7 Å². The smallest absolute Gasteiger partial charge is 0.242 e. The lowest BCUT2D eigenvalue weighted by molar-refractivity contribution is -0.125. The Morgan fingerprint density at radius 1 is 1.83 bits per heavy atom. The second kappa shape index (κ2) is 3.90. The Morgan fingerprint density at radius 3 is 3.08 bits per heavy atom. The molecule has 0 bridgehead atoms. The van der Waals surface area contributed by atoms with Crippen molar-refractivity contribution in [2.45, 2.75) is 18.9 Å². The Bertz CT molecular complexity index is 213. The van der Waals surface area contributed by atoms with Crippen LogP contribution in [0.5, 0.6) is 0 Å². The zero-order chi connectivity index (χ0) is 8.97. The van der Waals surface area contributed by atoms with E-state index in [2.05, 4.69) is 17.2 Å². The molecule has 1 atom stereocenters. The molecule has 1 fully saturated rings. The number of rotatable bonds is 3. The minimum absolute atomic E-state index is 0.0475. The first-order valence-electron chi connectivity index (χ1n) is 3.92. The van der Waals surface area contributed by atoms with Crippen molar-refractivity contribution in [1.29, 1.82) is 0 Å². The minimum Gasteiger partial charge on any atom is -0.351 e. The van der Waals surface area contributed by atoms with Gasteiger partial charge >= 0.3 is 0 Å². The average Bonchev–Trinajstić information content (AvgIpc) is 2.47. The van der Waals surface area contributed by atoms with Gasteiger partial charge < -0.3 is 10.6 Å². The van der Waals surface area contributed by atoms with Crippen LogP contribution >= 0.6 is 0 Å². The van der Waals surface area contributed by atoms with E-state index in [-0.39, 0.29) is 17.9 Å². The molecular weight excluding hydrogens is 156 g/mol. The maximum atomic E-state index is 11.2. The molecule has 4 heteroatoms. The molecule has 0 saturated carbocycles. The van der Waals surface area contributed by atoms with E-state index in [1.54, 1.807) is 6.08 Å². The molecule has 0 aliphatic carbocycles. The first kappa shape index (κ1) is 8.77. The maximum Gasteiger partial charge on any atom is 0.242 e. The highest BCUT2D eigenvalue weighted by atomic mass is 16.2. The van der Waals surface area contributed by atoms with Crippen LogP contribution in [0.2, 0.25) is 0 Å². The number of hydrogen-bond donors (Lipinski definition) is 2. The monoisotopic (exact) mass is 168 g/mol. The number of carbonyl (C=O) groups excluding carboxylic acids is 2. The predicted octanol–water partition coefficient (Wildman–Crippen LogP) is -0.433. The molecule has 2 amide bonds. The molecule has 12 heavy (non-hydrogen) atoms. The Hall–Kier alpha value is -1.32. The van der Waals surface area contributed by atoms with Gasteiger partial charge in [-0.15, -0.1) is 6.58 Å². The number of amides is 2. The summed E-state index contributed by atoms with van der Waals surface area (Å²) in [5.74, 6) is -0.172. The Morgan fingerprint density at radius 2 is 2.58 bits per heavy atom. The predicted molar refractivity (Wildman–Crippen MR) is 44.4 cm³/mol. The van der Waals surface area contributed by atoms with E-state index < -0.39 is 0 Å². The molecule has 0 unspecified atom stereocenters. The summed E-state index contributed by atoms with van der Waals surface area (Å²) >= 11 is 0. The van der Waals surface area contributed by atoms with E-state index in [4.69, 9.17) is 0 Å². The summed E-state index contributed by atoms with van der Waals surface area (Å²) in [5.41, 5.74) is 0. The van der Waals surface area contributed by atoms with Crippen LogP contribution in [0.4, 0.5) is 0 Å². The van der Waals surface area contributed by atoms with Crippen molar-refractivity contribution in [2.75, 3.05) is 6.54 Å². The van der Waals surface area contributed by atoms with Crippen molar-refractivity contribution in [2.24, 2.45) is 0 Å². The first-order chi connectivity index (χ1) is 5.74. The van der Waals surface area contributed by atoms with Crippen molar-refractivity contribution in [3.63, 3.8) is 0 Å². The summed E-state index contributed by atoms with van der Waals surface area (Å²) in [6.45, 7) is 3.92. The van der Waals surface area contributed by atoms with Crippen molar-refractivity contribution in [1.82, 2.24) is 10.6 Å². The van der Waals surface area contributed by atoms with Crippen LogP contribution in [0.15, 0.2) is 12.7 Å². The summed E-state index contributed by atoms with van der Waals surface area (Å²) in [7, 11) is 0. The summed E-state index contributed by atoms with van der Waals surface area (Å²) in [6, 6.07) is -0.336. The van der Waals surface area contributed by atoms with Gasteiger partial charge in [0.05, 0.1) is 0 Å². The molecule has 1 heterocycles. The SMILES string of the molecule is C=CCNC(=O)[C@@H]1CCC(=O)N1. The summed E-state index contributed by atoms with van der Waals surface area (Å²) in [4.78, 5) is 21.9. The third kappa shape index (κ3) is 2.08. The summed E-state index contributed by atoms with van der Waals surface area (Å²) < 4.78 is 0. The lowest BCUT2D eigenvalue weighted by Gasteiger charge is -2.08. The van der Waals surface area contributed by atoms with Gasteiger partial charge in [0.25, 0.3) is 0 Å². The molecule has 66 valence electrons. The Labute approximate surface area is 71.0 Å². The maximum absolute atomic E-state index is 11.2. The third-order valence-electron chi connectivity index (χ3n) is 1.73. The van der Waals surface area contributed by atoms with Gasteiger partial charge in [0.2, 0.25) is 11.8 Å². The summed E-state index contributed by atoms with van der Waals surface area (Å²) in [6.07, 6.45) is 2.66. The third-order valence-corrected chi connectivity index (χ3v) is 1.73. The van der Waals surface area contributed by atoms with E-state index in [0.717, 1.165) is 0 Å². The molecule has 2 N–H and O–H groups in total. The van der Waals surface area contributed by atoms with Gasteiger partial charge in [-0.3, -0.25) is 9.59 Å². The first-order valence-corrected chi connectivity index (χ1v) is 3.92. The second-order valence-electron chi connectivity index (χ2n) is 2.69. The van der Waals surface area contributed by atoms with E-state index in [1.165, 1.54) is 0 Å². The van der Waals surface area contributed by atoms with Crippen LogP contribution in [0, 0.1) is 0 Å². The Kier molecular flexibility index (Phi) is 2.85. The molecule has 1 aliphatic heterocycles. The van der Waals surface area contributed by atoms with Gasteiger partial charge in [0.1, 0.15) is 6.04 Å². The standard InChI is InChI=1S/C8H12N2O2/c1-2-5-9-8(12)6-3-4-7(11)10-6/h2,6H,1,3-5H2,(H,9,12)(H,10,11)/t6-/m0/s1. The number of nitrogens with one attached hydrogen (secondary N) is 2. The average molecular weight is 168 g/mol. The largest absolute Gasteiger partial charge is 0.351 e. The Balaban J connectivity index is 2.32. The van der Waals surface area contributed by atoms with Crippen LogP contribution < -0.4 is 10.6 Å². The summed E-state index contributed by atoms with van der Waals surface area (Å²) in [5, 5.41) is 5.20. The van der Waals surface area contributed by atoms with E-state index in [9.17, 15) is 9.59 Å². The van der Waals surface area contributed by atoms with Crippen LogP contribution in [0.3, 0.4) is 0 Å². The van der Waals surface area contributed by atoms with Gasteiger partial charge in [-0.05, 0) is 6.42 Å². The second-order valence-corrected chi connectivity index (χ2v) is 2.69. The molecule has 4 nitrogen and oxygen atoms in total.